The predicted octanol–water partition coefficient (Wildman–Crippen LogP) is 0.960. The van der Waals surface area contributed by atoms with Crippen LogP contribution in [0.25, 0.3) is 0 Å². The van der Waals surface area contributed by atoms with Crippen molar-refractivity contribution < 1.29 is 14.0 Å². The van der Waals surface area contributed by atoms with E-state index >= 15 is 0 Å². The van der Waals surface area contributed by atoms with Gasteiger partial charge in [0, 0.05) is 11.7 Å². The highest BCUT2D eigenvalue weighted by Crippen LogP contribution is 2.08. The molecule has 0 atom stereocenters. The van der Waals surface area contributed by atoms with Crippen molar-refractivity contribution in [1.82, 2.24) is 4.90 Å². The Morgan fingerprint density at radius 2 is 1.89 bits per heavy atom. The Morgan fingerprint density at radius 1 is 1.32 bits per heavy atom. The first-order valence-electron chi connectivity index (χ1n) is 5.99. The van der Waals surface area contributed by atoms with Crippen LogP contribution in [0.3, 0.4) is 0 Å². The molecule has 0 spiro atoms. The van der Waals surface area contributed by atoms with E-state index in [1.54, 1.807) is 13.8 Å². The van der Waals surface area contributed by atoms with Gasteiger partial charge in [0.25, 0.3) is 0 Å². The second-order valence-corrected chi connectivity index (χ2v) is 4.37. The van der Waals surface area contributed by atoms with Crippen LogP contribution in [0.2, 0.25) is 0 Å². The second kappa shape index (κ2) is 6.84. The van der Waals surface area contributed by atoms with Gasteiger partial charge in [0.05, 0.1) is 6.54 Å². The van der Waals surface area contributed by atoms with Crippen LogP contribution in [0.4, 0.5) is 10.1 Å². The largest absolute Gasteiger partial charge is 0.330 e. The second-order valence-electron chi connectivity index (χ2n) is 4.37. The third kappa shape index (κ3) is 4.67. The summed E-state index contributed by atoms with van der Waals surface area (Å²) >= 11 is 0. The number of hydrogen-bond acceptors (Lipinski definition) is 3. The van der Waals surface area contributed by atoms with E-state index < -0.39 is 0 Å². The average molecular weight is 267 g/mol. The van der Waals surface area contributed by atoms with Crippen molar-refractivity contribution in [3.63, 3.8) is 0 Å². The molecule has 1 rings (SSSR count). The van der Waals surface area contributed by atoms with Crippen molar-refractivity contribution in [2.24, 2.45) is 5.73 Å². The van der Waals surface area contributed by atoms with Gasteiger partial charge in [0.15, 0.2) is 0 Å². The number of hydrogen-bond donors (Lipinski definition) is 2. The molecule has 1 aromatic carbocycles. The average Bonchev–Trinajstić information content (AvgIpc) is 2.37. The van der Waals surface area contributed by atoms with Gasteiger partial charge in [-0.1, -0.05) is 0 Å². The van der Waals surface area contributed by atoms with Crippen LogP contribution in [0.5, 0.6) is 0 Å². The fraction of sp³-hybridized carbons (Fsp3) is 0.385. The van der Waals surface area contributed by atoms with E-state index in [0.29, 0.717) is 5.69 Å². The summed E-state index contributed by atoms with van der Waals surface area (Å²) in [6, 6.07) is 5.30. The number of rotatable bonds is 5. The molecule has 0 fully saturated rings. The van der Waals surface area contributed by atoms with E-state index in [1.165, 1.54) is 29.2 Å². The fourth-order valence-electron chi connectivity index (χ4n) is 1.56. The van der Waals surface area contributed by atoms with Crippen molar-refractivity contribution in [3.8, 4) is 0 Å². The molecule has 3 N–H and O–H groups in total. The number of anilines is 1. The molecule has 19 heavy (non-hydrogen) atoms. The van der Waals surface area contributed by atoms with Gasteiger partial charge in [-0.15, -0.1) is 0 Å². The Kier molecular flexibility index (Phi) is 5.44. The predicted molar refractivity (Wildman–Crippen MR) is 70.9 cm³/mol. The van der Waals surface area contributed by atoms with E-state index in [9.17, 15) is 14.0 Å². The summed E-state index contributed by atoms with van der Waals surface area (Å²) in [5, 5.41) is 2.59. The SMILES string of the molecule is CC(C)N(CC(=O)Nc1ccc(F)cc1)C(=O)CN. The molecule has 0 heterocycles. The highest BCUT2D eigenvalue weighted by molar-refractivity contribution is 5.94. The fourth-order valence-corrected chi connectivity index (χ4v) is 1.56. The van der Waals surface area contributed by atoms with Gasteiger partial charge >= 0.3 is 0 Å². The van der Waals surface area contributed by atoms with Gasteiger partial charge < -0.3 is 16.0 Å². The van der Waals surface area contributed by atoms with E-state index in [4.69, 9.17) is 5.73 Å². The Hall–Kier alpha value is -1.95. The van der Waals surface area contributed by atoms with Crippen LogP contribution in [0, 0.1) is 5.82 Å². The summed E-state index contributed by atoms with van der Waals surface area (Å²) in [7, 11) is 0. The van der Waals surface area contributed by atoms with Crippen LogP contribution in [-0.2, 0) is 9.59 Å². The number of halogens is 1. The maximum Gasteiger partial charge on any atom is 0.244 e. The summed E-state index contributed by atoms with van der Waals surface area (Å²) in [5.41, 5.74) is 5.77. The summed E-state index contributed by atoms with van der Waals surface area (Å²) in [5.74, 6) is -1.01. The zero-order valence-electron chi connectivity index (χ0n) is 11.0. The van der Waals surface area contributed by atoms with E-state index in [0.717, 1.165) is 0 Å². The minimum absolute atomic E-state index is 0.0783. The normalized spacial score (nSPS) is 10.4. The maximum absolute atomic E-state index is 12.7. The monoisotopic (exact) mass is 267 g/mol. The Labute approximate surface area is 111 Å². The molecule has 0 aromatic heterocycles. The van der Waals surface area contributed by atoms with E-state index in [-0.39, 0.29) is 36.8 Å². The highest BCUT2D eigenvalue weighted by atomic mass is 19.1. The van der Waals surface area contributed by atoms with Crippen LogP contribution >= 0.6 is 0 Å². The molecule has 0 unspecified atom stereocenters. The minimum Gasteiger partial charge on any atom is -0.330 e. The van der Waals surface area contributed by atoms with Gasteiger partial charge in [-0.25, -0.2) is 4.39 Å². The van der Waals surface area contributed by atoms with Crippen molar-refractivity contribution in [2.75, 3.05) is 18.4 Å². The van der Waals surface area contributed by atoms with Gasteiger partial charge in [-0.2, -0.15) is 0 Å². The lowest BCUT2D eigenvalue weighted by molar-refractivity contribution is -0.135. The molecule has 0 bridgehead atoms. The first kappa shape index (κ1) is 15.1. The molecular weight excluding hydrogens is 249 g/mol. The van der Waals surface area contributed by atoms with E-state index in [1.807, 2.05) is 0 Å². The lowest BCUT2D eigenvalue weighted by Gasteiger charge is -2.25. The standard InChI is InChI=1S/C13H18FN3O2/c1-9(2)17(13(19)7-15)8-12(18)16-11-5-3-10(14)4-6-11/h3-6,9H,7-8,15H2,1-2H3,(H,16,18). The lowest BCUT2D eigenvalue weighted by Crippen LogP contribution is -2.45. The topological polar surface area (TPSA) is 75.4 Å². The highest BCUT2D eigenvalue weighted by Gasteiger charge is 2.18. The number of nitrogens with one attached hydrogen (secondary N) is 1. The zero-order chi connectivity index (χ0) is 14.4. The molecule has 1 aromatic rings. The smallest absolute Gasteiger partial charge is 0.244 e. The van der Waals surface area contributed by atoms with Crippen molar-refractivity contribution >= 4 is 17.5 Å². The van der Waals surface area contributed by atoms with Crippen molar-refractivity contribution in [1.29, 1.82) is 0 Å². The quantitative estimate of drug-likeness (QED) is 0.834. The molecule has 0 radical (unpaired) electrons. The molecule has 0 aliphatic heterocycles. The summed E-state index contributed by atoms with van der Waals surface area (Å²) < 4.78 is 12.7. The number of nitrogens with two attached hydrogens (primary N) is 1. The molecule has 0 saturated carbocycles. The molecule has 0 aliphatic carbocycles. The van der Waals surface area contributed by atoms with Gasteiger partial charge in [0.2, 0.25) is 11.8 Å². The first-order chi connectivity index (χ1) is 8.93. The van der Waals surface area contributed by atoms with Crippen LogP contribution in [-0.4, -0.2) is 35.8 Å². The van der Waals surface area contributed by atoms with Crippen LogP contribution < -0.4 is 11.1 Å². The Morgan fingerprint density at radius 3 is 2.37 bits per heavy atom. The number of carbonyl (C=O) groups is 2. The molecule has 0 aliphatic rings. The summed E-state index contributed by atoms with van der Waals surface area (Å²) in [4.78, 5) is 24.7. The summed E-state index contributed by atoms with van der Waals surface area (Å²) in [6.45, 7) is 3.39. The molecular formula is C13H18FN3O2. The third-order valence-corrected chi connectivity index (χ3v) is 2.56. The Bertz CT molecular complexity index is 446. The lowest BCUT2D eigenvalue weighted by atomic mass is 10.3. The molecule has 104 valence electrons. The maximum atomic E-state index is 12.7. The van der Waals surface area contributed by atoms with E-state index in [2.05, 4.69) is 5.32 Å². The number of carbonyl (C=O) groups excluding carboxylic acids is 2. The minimum atomic E-state index is -0.375. The van der Waals surface area contributed by atoms with Crippen LogP contribution in [0.15, 0.2) is 24.3 Å². The molecule has 2 amide bonds. The molecule has 0 saturated heterocycles. The van der Waals surface area contributed by atoms with Gasteiger partial charge in [0.1, 0.15) is 12.4 Å². The molecule has 6 heteroatoms. The van der Waals surface area contributed by atoms with Crippen molar-refractivity contribution in [3.05, 3.63) is 30.1 Å². The first-order valence-corrected chi connectivity index (χ1v) is 5.99. The molecule has 5 nitrogen and oxygen atoms in total. The zero-order valence-corrected chi connectivity index (χ0v) is 11.0. The van der Waals surface area contributed by atoms with Gasteiger partial charge in [-0.3, -0.25) is 9.59 Å². The Balaban J connectivity index is 2.62. The number of nitrogens with zero attached hydrogens (tertiary/aromatic N) is 1. The van der Waals surface area contributed by atoms with Crippen LogP contribution in [0.1, 0.15) is 13.8 Å². The number of amides is 2. The summed E-state index contributed by atoms with van der Waals surface area (Å²) in [6.07, 6.45) is 0. The third-order valence-electron chi connectivity index (χ3n) is 2.56. The van der Waals surface area contributed by atoms with Gasteiger partial charge in [-0.05, 0) is 38.1 Å². The van der Waals surface area contributed by atoms with Crippen molar-refractivity contribution in [2.45, 2.75) is 19.9 Å². The number of benzene rings is 1.